The SMILES string of the molecule is CNC(=O)[C@@H](NC(=O)[C@H](CC(C)C)NC(=O)C(CCN1C(=O)N(C)C(C)(C)C1=O)SC(C)=O)C(C)(C)C. The molecule has 0 aromatic rings. The van der Waals surface area contributed by atoms with Gasteiger partial charge in [0.15, 0.2) is 5.12 Å². The molecule has 1 heterocycles. The van der Waals surface area contributed by atoms with Gasteiger partial charge in [0.1, 0.15) is 17.6 Å². The Kier molecular flexibility index (Phi) is 11.2. The molecule has 1 saturated heterocycles. The fourth-order valence-electron chi connectivity index (χ4n) is 3.90. The number of thioether (sulfide) groups is 1. The molecule has 12 heteroatoms. The minimum Gasteiger partial charge on any atom is -0.357 e. The number of urea groups is 1. The van der Waals surface area contributed by atoms with Crippen molar-refractivity contribution in [2.75, 3.05) is 20.6 Å². The minimum atomic E-state index is -1.00. The zero-order chi connectivity index (χ0) is 28.9. The Balaban J connectivity index is 3.08. The molecule has 3 atom stereocenters. The monoisotopic (exact) mass is 541 g/mol. The van der Waals surface area contributed by atoms with Crippen molar-refractivity contribution in [3.8, 4) is 0 Å². The standard InChI is InChI=1S/C25H43N5O6S/c1-14(2)13-16(19(32)28-18(21(34)26-9)24(4,5)6)27-20(33)17(37-15(3)31)11-12-30-22(35)25(7,8)29(10)23(30)36/h14,16-18H,11-13H2,1-10H3,(H,26,34)(H,27,33)(H,28,32)/t16-,17?,18+/m0/s1. The van der Waals surface area contributed by atoms with E-state index in [1.807, 2.05) is 34.6 Å². The van der Waals surface area contributed by atoms with Crippen LogP contribution in [0.5, 0.6) is 0 Å². The number of nitrogens with zero attached hydrogens (tertiary/aromatic N) is 2. The van der Waals surface area contributed by atoms with Crippen LogP contribution >= 0.6 is 11.8 Å². The summed E-state index contributed by atoms with van der Waals surface area (Å²) in [5.41, 5.74) is -1.58. The highest BCUT2D eigenvalue weighted by Gasteiger charge is 2.49. The summed E-state index contributed by atoms with van der Waals surface area (Å²) in [5.74, 6) is -1.76. The first-order valence-electron chi connectivity index (χ1n) is 12.4. The van der Waals surface area contributed by atoms with Gasteiger partial charge in [0.05, 0.1) is 5.25 Å². The van der Waals surface area contributed by atoms with Crippen molar-refractivity contribution in [3.63, 3.8) is 0 Å². The predicted octanol–water partition coefficient (Wildman–Crippen LogP) is 1.51. The summed E-state index contributed by atoms with van der Waals surface area (Å²) in [6.07, 6.45) is 0.345. The van der Waals surface area contributed by atoms with Gasteiger partial charge in [-0.25, -0.2) is 4.79 Å². The molecule has 0 spiro atoms. The smallest absolute Gasteiger partial charge is 0.327 e. The summed E-state index contributed by atoms with van der Waals surface area (Å²) < 4.78 is 0. The van der Waals surface area contributed by atoms with Crippen molar-refractivity contribution in [2.45, 2.75) is 91.1 Å². The van der Waals surface area contributed by atoms with Crippen LogP contribution < -0.4 is 16.0 Å². The van der Waals surface area contributed by atoms with E-state index in [0.717, 1.165) is 16.7 Å². The number of amides is 6. The Morgan fingerprint density at radius 3 is 1.97 bits per heavy atom. The summed E-state index contributed by atoms with van der Waals surface area (Å²) >= 11 is 0.784. The zero-order valence-electron chi connectivity index (χ0n) is 23.7. The minimum absolute atomic E-state index is 0.0380. The maximum Gasteiger partial charge on any atom is 0.327 e. The molecule has 3 N–H and O–H groups in total. The average molecular weight is 542 g/mol. The van der Waals surface area contributed by atoms with Crippen molar-refractivity contribution in [1.82, 2.24) is 25.8 Å². The molecule has 0 saturated carbocycles. The zero-order valence-corrected chi connectivity index (χ0v) is 24.5. The summed E-state index contributed by atoms with van der Waals surface area (Å²) in [5, 5.41) is 6.81. The molecule has 0 aromatic heterocycles. The second kappa shape index (κ2) is 12.7. The van der Waals surface area contributed by atoms with E-state index >= 15 is 0 Å². The van der Waals surface area contributed by atoms with Gasteiger partial charge in [0.2, 0.25) is 17.7 Å². The van der Waals surface area contributed by atoms with E-state index in [-0.39, 0.29) is 35.8 Å². The van der Waals surface area contributed by atoms with Crippen molar-refractivity contribution < 1.29 is 28.8 Å². The van der Waals surface area contributed by atoms with Gasteiger partial charge < -0.3 is 20.9 Å². The van der Waals surface area contributed by atoms with Crippen LogP contribution in [0.15, 0.2) is 0 Å². The van der Waals surface area contributed by atoms with Gasteiger partial charge >= 0.3 is 6.03 Å². The molecule has 0 bridgehead atoms. The summed E-state index contributed by atoms with van der Waals surface area (Å²) in [7, 11) is 3.02. The topological polar surface area (TPSA) is 145 Å². The van der Waals surface area contributed by atoms with E-state index in [4.69, 9.17) is 0 Å². The van der Waals surface area contributed by atoms with Gasteiger partial charge in [0, 0.05) is 27.6 Å². The summed E-state index contributed by atoms with van der Waals surface area (Å²) in [4.78, 5) is 78.5. The van der Waals surface area contributed by atoms with Crippen molar-refractivity contribution >= 4 is 46.5 Å². The number of hydrogen-bond donors (Lipinski definition) is 3. The highest BCUT2D eigenvalue weighted by Crippen LogP contribution is 2.27. The Bertz CT molecular complexity index is 914. The molecule has 0 radical (unpaired) electrons. The Morgan fingerprint density at radius 1 is 1.00 bits per heavy atom. The number of likely N-dealkylation sites (N-methyl/N-ethyl adjacent to an activating group) is 2. The second-order valence-corrected chi connectivity index (χ2v) is 12.7. The molecule has 0 aromatic carbocycles. The highest BCUT2D eigenvalue weighted by atomic mass is 32.2. The number of carbonyl (C=O) groups excluding carboxylic acids is 6. The number of rotatable bonds is 11. The number of nitrogens with one attached hydrogen (secondary N) is 3. The van der Waals surface area contributed by atoms with E-state index in [1.165, 1.54) is 25.9 Å². The van der Waals surface area contributed by atoms with Gasteiger partial charge in [-0.15, -0.1) is 0 Å². The molecule has 1 aliphatic rings. The van der Waals surface area contributed by atoms with E-state index in [2.05, 4.69) is 16.0 Å². The van der Waals surface area contributed by atoms with Crippen molar-refractivity contribution in [1.29, 1.82) is 0 Å². The van der Waals surface area contributed by atoms with E-state index in [9.17, 15) is 28.8 Å². The van der Waals surface area contributed by atoms with E-state index in [1.54, 1.807) is 13.8 Å². The van der Waals surface area contributed by atoms with Gasteiger partial charge in [0.25, 0.3) is 5.91 Å². The lowest BCUT2D eigenvalue weighted by molar-refractivity contribution is -0.134. The van der Waals surface area contributed by atoms with Crippen LogP contribution in [0, 0.1) is 11.3 Å². The van der Waals surface area contributed by atoms with Gasteiger partial charge in [-0.2, -0.15) is 0 Å². The van der Waals surface area contributed by atoms with Crippen molar-refractivity contribution in [3.05, 3.63) is 0 Å². The number of hydrogen-bond acceptors (Lipinski definition) is 7. The maximum absolute atomic E-state index is 13.3. The largest absolute Gasteiger partial charge is 0.357 e. The van der Waals surface area contributed by atoms with Gasteiger partial charge in [-0.3, -0.25) is 28.9 Å². The Labute approximate surface area is 224 Å². The highest BCUT2D eigenvalue weighted by molar-refractivity contribution is 8.14. The number of imide groups is 1. The fraction of sp³-hybridized carbons (Fsp3) is 0.760. The maximum atomic E-state index is 13.3. The molecule has 1 aliphatic heterocycles. The van der Waals surface area contributed by atoms with Crippen LogP contribution in [0.4, 0.5) is 4.79 Å². The molecule has 0 aliphatic carbocycles. The quantitative estimate of drug-likeness (QED) is 0.336. The van der Waals surface area contributed by atoms with Gasteiger partial charge in [-0.1, -0.05) is 46.4 Å². The molecule has 11 nitrogen and oxygen atoms in total. The lowest BCUT2D eigenvalue weighted by Gasteiger charge is -2.32. The van der Waals surface area contributed by atoms with Crippen LogP contribution in [-0.4, -0.2) is 88.1 Å². The molecule has 1 unspecified atom stereocenters. The third-order valence-electron chi connectivity index (χ3n) is 6.34. The lowest BCUT2D eigenvalue weighted by atomic mass is 9.85. The van der Waals surface area contributed by atoms with Crippen molar-refractivity contribution in [2.24, 2.45) is 11.3 Å². The fourth-order valence-corrected chi connectivity index (χ4v) is 4.70. The first-order chi connectivity index (χ1) is 16.8. The molecule has 37 heavy (non-hydrogen) atoms. The third-order valence-corrected chi connectivity index (χ3v) is 7.41. The predicted molar refractivity (Wildman–Crippen MR) is 142 cm³/mol. The average Bonchev–Trinajstić information content (AvgIpc) is 2.91. The van der Waals surface area contributed by atoms with Crippen LogP contribution in [0.3, 0.4) is 0 Å². The Hall–Kier alpha value is -2.63. The molecule has 6 amide bonds. The van der Waals surface area contributed by atoms with E-state index in [0.29, 0.717) is 6.42 Å². The summed E-state index contributed by atoms with van der Waals surface area (Å²) in [6, 6.07) is -2.25. The van der Waals surface area contributed by atoms with Crippen LogP contribution in [0.1, 0.15) is 68.2 Å². The molecular weight excluding hydrogens is 498 g/mol. The lowest BCUT2D eigenvalue weighted by Crippen LogP contribution is -2.58. The third kappa shape index (κ3) is 8.44. The number of carbonyl (C=O) groups is 6. The van der Waals surface area contributed by atoms with Crippen LogP contribution in [0.25, 0.3) is 0 Å². The molecule has 1 fully saturated rings. The van der Waals surface area contributed by atoms with E-state index < -0.39 is 46.1 Å². The van der Waals surface area contributed by atoms with Gasteiger partial charge in [-0.05, 0) is 38.0 Å². The molecule has 1 rings (SSSR count). The first kappa shape index (κ1) is 32.4. The first-order valence-corrected chi connectivity index (χ1v) is 13.3. The molecular formula is C25H43N5O6S. The van der Waals surface area contributed by atoms with Crippen LogP contribution in [-0.2, 0) is 24.0 Å². The van der Waals surface area contributed by atoms with Crippen LogP contribution in [0.2, 0.25) is 0 Å². The second-order valence-electron chi connectivity index (χ2n) is 11.4. The molecule has 210 valence electrons. The Morgan fingerprint density at radius 2 is 1.57 bits per heavy atom. The normalized spacial score (nSPS) is 17.9. The summed E-state index contributed by atoms with van der Waals surface area (Å²) in [6.45, 7) is 13.8.